The number of amides is 1. The summed E-state index contributed by atoms with van der Waals surface area (Å²) in [7, 11) is -3.84. The van der Waals surface area contributed by atoms with Crippen molar-refractivity contribution in [1.29, 1.82) is 5.26 Å². The van der Waals surface area contributed by atoms with Crippen LogP contribution in [-0.4, -0.2) is 60.4 Å². The second-order valence-electron chi connectivity index (χ2n) is 9.81. The molecule has 0 unspecified atom stereocenters. The number of aliphatic hydroxyl groups excluding tert-OH is 1. The number of sulfonamides is 1. The average Bonchev–Trinajstić information content (AvgIpc) is 3.49. The van der Waals surface area contributed by atoms with Crippen LogP contribution >= 0.6 is 11.3 Å². The van der Waals surface area contributed by atoms with Gasteiger partial charge < -0.3 is 14.7 Å². The van der Waals surface area contributed by atoms with E-state index in [1.807, 2.05) is 38.1 Å². The Labute approximate surface area is 225 Å². The summed E-state index contributed by atoms with van der Waals surface area (Å²) < 4.78 is 33.9. The van der Waals surface area contributed by atoms with Crippen LogP contribution in [-0.2, 0) is 21.2 Å². The first-order valence-corrected chi connectivity index (χ1v) is 14.9. The maximum Gasteiger partial charge on any atom is 0.239 e. The Morgan fingerprint density at radius 2 is 2.11 bits per heavy atom. The molecule has 2 N–H and O–H groups in total. The lowest BCUT2D eigenvalue weighted by Gasteiger charge is -2.35. The number of benzene rings is 2. The van der Waals surface area contributed by atoms with Crippen molar-refractivity contribution in [1.82, 2.24) is 14.6 Å². The first-order valence-electron chi connectivity index (χ1n) is 12.4. The number of hydrogen-bond acceptors (Lipinski definition) is 8. The van der Waals surface area contributed by atoms with Gasteiger partial charge >= 0.3 is 0 Å². The van der Waals surface area contributed by atoms with Crippen LogP contribution in [0.3, 0.4) is 0 Å². The zero-order valence-corrected chi connectivity index (χ0v) is 22.7. The molecule has 1 aliphatic heterocycles. The first kappa shape index (κ1) is 26.3. The van der Waals surface area contributed by atoms with Gasteiger partial charge in [-0.3, -0.25) is 4.79 Å². The molecule has 1 saturated heterocycles. The number of aliphatic hydroxyl groups is 1. The molecule has 3 aromatic rings. The highest BCUT2D eigenvalue weighted by Crippen LogP contribution is 2.41. The highest BCUT2D eigenvalue weighted by Gasteiger charge is 2.34. The van der Waals surface area contributed by atoms with Gasteiger partial charge in [-0.25, -0.2) is 18.1 Å². The van der Waals surface area contributed by atoms with Crippen molar-refractivity contribution in [3.8, 4) is 32.8 Å². The van der Waals surface area contributed by atoms with Gasteiger partial charge in [0.05, 0.1) is 22.6 Å². The minimum absolute atomic E-state index is 0.0390. The van der Waals surface area contributed by atoms with Crippen molar-refractivity contribution in [2.75, 3.05) is 18.8 Å². The fourth-order valence-corrected chi connectivity index (χ4v) is 7.05. The molecule has 1 aromatic heterocycles. The van der Waals surface area contributed by atoms with E-state index in [0.717, 1.165) is 32.1 Å². The Morgan fingerprint density at radius 1 is 1.32 bits per heavy atom. The number of hydrogen-bond donors (Lipinski definition) is 2. The van der Waals surface area contributed by atoms with E-state index in [2.05, 4.69) is 15.8 Å². The smallest absolute Gasteiger partial charge is 0.239 e. The van der Waals surface area contributed by atoms with Crippen LogP contribution < -0.4 is 9.46 Å². The Bertz CT molecular complexity index is 1520. The molecule has 0 radical (unpaired) electrons. The molecule has 1 aliphatic carbocycles. The van der Waals surface area contributed by atoms with Gasteiger partial charge in [-0.15, -0.1) is 11.3 Å². The van der Waals surface area contributed by atoms with Crippen LogP contribution in [0.5, 0.6) is 5.75 Å². The van der Waals surface area contributed by atoms with Gasteiger partial charge in [0.2, 0.25) is 15.9 Å². The Hall–Kier alpha value is -3.30. The van der Waals surface area contributed by atoms with Crippen molar-refractivity contribution < 1.29 is 23.1 Å². The van der Waals surface area contributed by atoms with Crippen LogP contribution in [0.15, 0.2) is 42.6 Å². The number of carbonyl (C=O) groups excluding carboxylic acids is 1. The number of β-amino-alcohol motifs (C(OH)–C–C–N with tert-alkyl or cyclic N) is 1. The van der Waals surface area contributed by atoms with E-state index in [0.29, 0.717) is 24.2 Å². The summed E-state index contributed by atoms with van der Waals surface area (Å²) in [5.41, 5.74) is 4.23. The quantitative estimate of drug-likeness (QED) is 0.438. The third-order valence-corrected chi connectivity index (χ3v) is 8.95. The van der Waals surface area contributed by atoms with Crippen molar-refractivity contribution in [2.45, 2.75) is 44.9 Å². The van der Waals surface area contributed by atoms with Crippen molar-refractivity contribution >= 4 is 27.3 Å². The largest absolute Gasteiger partial charge is 0.490 e. The molecular formula is C27H28N4O5S2. The van der Waals surface area contributed by atoms with E-state index in [4.69, 9.17) is 4.74 Å². The number of nitriles is 1. The molecule has 1 amide bonds. The van der Waals surface area contributed by atoms with Crippen LogP contribution in [0, 0.1) is 11.3 Å². The first-order chi connectivity index (χ1) is 18.1. The maximum absolute atomic E-state index is 12.7. The fraction of sp³-hybridized carbons (Fsp3) is 0.370. The second kappa shape index (κ2) is 10.5. The highest BCUT2D eigenvalue weighted by atomic mass is 32.2. The lowest BCUT2D eigenvalue weighted by atomic mass is 10.0. The zero-order valence-electron chi connectivity index (χ0n) is 21.0. The molecule has 2 aliphatic rings. The molecule has 1 atom stereocenters. The molecule has 2 aromatic carbocycles. The molecule has 198 valence electrons. The SMILES string of the molecule is CC(C)Oc1ccc(-c2ncc(-c3cccc4c3CC[C@H]4NS(=O)(=O)CC(=O)N3CC(O)C3)s2)cc1C#N. The minimum Gasteiger partial charge on any atom is -0.490 e. The number of rotatable bonds is 8. The number of fused-ring (bicyclic) bond motifs is 1. The summed E-state index contributed by atoms with van der Waals surface area (Å²) in [6, 6.07) is 13.1. The summed E-state index contributed by atoms with van der Waals surface area (Å²) in [5.74, 6) is -0.591. The Morgan fingerprint density at radius 3 is 2.82 bits per heavy atom. The van der Waals surface area contributed by atoms with Gasteiger partial charge in [0.15, 0.2) is 0 Å². The van der Waals surface area contributed by atoms with E-state index in [1.165, 1.54) is 16.2 Å². The topological polar surface area (TPSA) is 133 Å². The summed E-state index contributed by atoms with van der Waals surface area (Å²) in [6.07, 6.45) is 2.48. The summed E-state index contributed by atoms with van der Waals surface area (Å²) in [5, 5.41) is 19.7. The second-order valence-corrected chi connectivity index (χ2v) is 12.6. The zero-order chi connectivity index (χ0) is 27.0. The van der Waals surface area contributed by atoms with Crippen LogP contribution in [0.25, 0.3) is 21.0 Å². The third-order valence-electron chi connectivity index (χ3n) is 6.60. The van der Waals surface area contributed by atoms with E-state index < -0.39 is 33.8 Å². The van der Waals surface area contributed by atoms with Crippen molar-refractivity contribution in [3.63, 3.8) is 0 Å². The van der Waals surface area contributed by atoms with Crippen molar-refractivity contribution in [2.24, 2.45) is 0 Å². The normalized spacial score (nSPS) is 17.2. The minimum atomic E-state index is -3.84. The molecule has 5 rings (SSSR count). The van der Waals surface area contributed by atoms with Gasteiger partial charge in [0.1, 0.15) is 22.6 Å². The van der Waals surface area contributed by atoms with E-state index >= 15 is 0 Å². The van der Waals surface area contributed by atoms with Crippen LogP contribution in [0.1, 0.15) is 43.0 Å². The standard InChI is InChI=1S/C27H28N4O5S2/c1-16(2)36-24-9-6-17(10-18(24)11-28)27-29-12-25(37-27)22-5-3-4-21-20(22)7-8-23(21)30-38(34,35)15-26(33)31-13-19(32)14-31/h3-6,9-10,12,16,19,23,30,32H,7-8,13-15H2,1-2H3/t23-/m1/s1. The number of ether oxygens (including phenoxy) is 1. The molecule has 2 heterocycles. The van der Waals surface area contributed by atoms with E-state index in [-0.39, 0.29) is 19.2 Å². The fourth-order valence-electron chi connectivity index (χ4n) is 4.82. The molecule has 1 fully saturated rings. The molecular weight excluding hydrogens is 524 g/mol. The number of thiazole rings is 1. The number of likely N-dealkylation sites (tertiary alicyclic amines) is 1. The van der Waals surface area contributed by atoms with Gasteiger partial charge in [-0.05, 0) is 61.6 Å². The molecule has 0 bridgehead atoms. The average molecular weight is 553 g/mol. The molecule has 9 nitrogen and oxygen atoms in total. The summed E-state index contributed by atoms with van der Waals surface area (Å²) in [6.45, 7) is 4.17. The maximum atomic E-state index is 12.7. The van der Waals surface area contributed by atoms with E-state index in [1.54, 1.807) is 18.3 Å². The predicted octanol–water partition coefficient (Wildman–Crippen LogP) is 3.25. The summed E-state index contributed by atoms with van der Waals surface area (Å²) >= 11 is 1.51. The van der Waals surface area contributed by atoms with Gasteiger partial charge in [-0.1, -0.05) is 18.2 Å². The summed E-state index contributed by atoms with van der Waals surface area (Å²) in [4.78, 5) is 19.1. The Kier molecular flexibility index (Phi) is 7.24. The monoisotopic (exact) mass is 552 g/mol. The Balaban J connectivity index is 1.34. The van der Waals surface area contributed by atoms with E-state index in [9.17, 15) is 23.6 Å². The highest BCUT2D eigenvalue weighted by molar-refractivity contribution is 7.90. The number of nitrogens with one attached hydrogen (secondary N) is 1. The van der Waals surface area contributed by atoms with Gasteiger partial charge in [-0.2, -0.15) is 5.26 Å². The number of carbonyl (C=O) groups is 1. The van der Waals surface area contributed by atoms with Crippen molar-refractivity contribution in [3.05, 3.63) is 59.3 Å². The molecule has 11 heteroatoms. The lowest BCUT2D eigenvalue weighted by molar-refractivity contribution is -0.138. The van der Waals surface area contributed by atoms with Crippen LogP contribution in [0.2, 0.25) is 0 Å². The van der Waals surface area contributed by atoms with Crippen LogP contribution in [0.4, 0.5) is 0 Å². The van der Waals surface area contributed by atoms with Gasteiger partial charge in [0.25, 0.3) is 0 Å². The molecule has 0 spiro atoms. The number of nitrogens with zero attached hydrogens (tertiary/aromatic N) is 3. The predicted molar refractivity (Wildman–Crippen MR) is 144 cm³/mol. The lowest BCUT2D eigenvalue weighted by Crippen LogP contribution is -2.55. The molecule has 38 heavy (non-hydrogen) atoms. The third kappa shape index (κ3) is 5.44. The molecule has 0 saturated carbocycles. The number of aromatic nitrogens is 1. The van der Waals surface area contributed by atoms with Gasteiger partial charge in [0, 0.05) is 30.9 Å².